The highest BCUT2D eigenvalue weighted by Crippen LogP contribution is 1.96. The molecule has 0 saturated carbocycles. The first kappa shape index (κ1) is 18.1. The van der Waals surface area contributed by atoms with Gasteiger partial charge in [-0.05, 0) is 12.8 Å². The average Bonchev–Trinajstić information content (AvgIpc) is 2.41. The fraction of sp³-hybridized carbons (Fsp3) is 0.800. The quantitative estimate of drug-likeness (QED) is 0.0995. The number of hydrogen-bond donors (Lipinski definition) is 7. The normalized spacial score (nSPS) is 13.7. The van der Waals surface area contributed by atoms with Gasteiger partial charge in [-0.15, -0.1) is 0 Å². The maximum Gasteiger partial charge on any atom is 0.243 e. The van der Waals surface area contributed by atoms with Crippen LogP contribution in [0, 0.1) is 0 Å². The molecule has 0 spiro atoms. The molecule has 0 aromatic carbocycles. The highest BCUT2D eigenvalue weighted by Gasteiger charge is 2.21. The van der Waals surface area contributed by atoms with Gasteiger partial charge in [-0.1, -0.05) is 0 Å². The van der Waals surface area contributed by atoms with Crippen molar-refractivity contribution in [2.45, 2.75) is 24.9 Å². The third-order valence-electron chi connectivity index (χ3n) is 2.40. The fourth-order valence-corrected chi connectivity index (χ4v) is 1.59. The van der Waals surface area contributed by atoms with E-state index in [0.717, 1.165) is 0 Å². The minimum Gasteiger partial charge on any atom is -0.395 e. The number of hydrazine groups is 1. The molecule has 8 N–H and O–H groups in total. The van der Waals surface area contributed by atoms with Gasteiger partial charge in [-0.25, -0.2) is 0 Å². The summed E-state index contributed by atoms with van der Waals surface area (Å²) in [5.74, 6) is 4.46. The first-order valence-electron chi connectivity index (χ1n) is 6.05. The maximum atomic E-state index is 11.7. The first-order chi connectivity index (χ1) is 9.06. The fourth-order valence-electron chi connectivity index (χ4n) is 1.33. The van der Waals surface area contributed by atoms with Crippen molar-refractivity contribution in [3.63, 3.8) is 0 Å². The molecule has 0 saturated heterocycles. The third kappa shape index (κ3) is 8.01. The minimum atomic E-state index is -0.763. The number of aliphatic hydroxyl groups is 1. The van der Waals surface area contributed by atoms with Crippen LogP contribution < -0.4 is 27.6 Å². The zero-order chi connectivity index (χ0) is 14.7. The van der Waals surface area contributed by atoms with Gasteiger partial charge in [0, 0.05) is 18.8 Å². The van der Waals surface area contributed by atoms with Crippen molar-refractivity contribution in [2.24, 2.45) is 11.6 Å². The monoisotopic (exact) mass is 293 g/mol. The van der Waals surface area contributed by atoms with Crippen LogP contribution in [0.2, 0.25) is 0 Å². The SMILES string of the molecule is NNCCC[C@@H](N)C(=O)N[C@H](CS)C(=O)NCCO. The molecule has 0 fully saturated rings. The second-order valence-corrected chi connectivity index (χ2v) is 4.33. The summed E-state index contributed by atoms with van der Waals surface area (Å²) in [6.45, 7) is 0.533. The first-order valence-corrected chi connectivity index (χ1v) is 6.68. The molecule has 0 bridgehead atoms. The van der Waals surface area contributed by atoms with Crippen LogP contribution in [0.3, 0.4) is 0 Å². The van der Waals surface area contributed by atoms with Crippen LogP contribution in [-0.2, 0) is 9.59 Å². The van der Waals surface area contributed by atoms with Crippen molar-refractivity contribution in [3.05, 3.63) is 0 Å². The van der Waals surface area contributed by atoms with Crippen LogP contribution in [0.15, 0.2) is 0 Å². The molecule has 2 amide bonds. The topological polar surface area (TPSA) is 142 Å². The van der Waals surface area contributed by atoms with E-state index in [1.807, 2.05) is 0 Å². The Labute approximate surface area is 118 Å². The number of hydrogen-bond acceptors (Lipinski definition) is 7. The van der Waals surface area contributed by atoms with Crippen LogP contribution in [-0.4, -0.2) is 54.5 Å². The molecule has 112 valence electrons. The molecule has 0 aliphatic carbocycles. The smallest absolute Gasteiger partial charge is 0.243 e. The predicted molar refractivity (Wildman–Crippen MR) is 75.3 cm³/mol. The van der Waals surface area contributed by atoms with E-state index in [1.54, 1.807) is 0 Å². The van der Waals surface area contributed by atoms with Gasteiger partial charge >= 0.3 is 0 Å². The molecular weight excluding hydrogens is 270 g/mol. The summed E-state index contributed by atoms with van der Waals surface area (Å²) in [4.78, 5) is 23.3. The highest BCUT2D eigenvalue weighted by atomic mass is 32.1. The number of carbonyl (C=O) groups is 2. The van der Waals surface area contributed by atoms with E-state index < -0.39 is 23.9 Å². The Kier molecular flexibility index (Phi) is 10.5. The lowest BCUT2D eigenvalue weighted by Gasteiger charge is -2.19. The van der Waals surface area contributed by atoms with E-state index in [0.29, 0.717) is 19.4 Å². The zero-order valence-electron chi connectivity index (χ0n) is 10.8. The van der Waals surface area contributed by atoms with Crippen molar-refractivity contribution in [2.75, 3.05) is 25.4 Å². The Morgan fingerprint density at radius 2 is 1.95 bits per heavy atom. The molecule has 0 aromatic heterocycles. The molecule has 0 rings (SSSR count). The molecule has 2 atom stereocenters. The Morgan fingerprint density at radius 1 is 1.26 bits per heavy atom. The van der Waals surface area contributed by atoms with Crippen LogP contribution >= 0.6 is 12.6 Å². The summed E-state index contributed by atoms with van der Waals surface area (Å²) in [6, 6.07) is -1.46. The molecule has 19 heavy (non-hydrogen) atoms. The lowest BCUT2D eigenvalue weighted by atomic mass is 10.1. The van der Waals surface area contributed by atoms with Gasteiger partial charge in [0.15, 0.2) is 0 Å². The van der Waals surface area contributed by atoms with Gasteiger partial charge in [0.1, 0.15) is 6.04 Å². The standard InChI is InChI=1S/C10H23N5O3S/c11-7(2-1-3-14-12)9(17)15-8(6-19)10(18)13-4-5-16/h7-8,14,16,19H,1-6,11-12H2,(H,13,18)(H,15,17)/t7-,8-/m1/s1. The second kappa shape index (κ2) is 11.0. The van der Waals surface area contributed by atoms with Crippen molar-refractivity contribution in [1.29, 1.82) is 0 Å². The van der Waals surface area contributed by atoms with Crippen molar-refractivity contribution in [1.82, 2.24) is 16.1 Å². The number of amides is 2. The maximum absolute atomic E-state index is 11.7. The summed E-state index contributed by atoms with van der Waals surface area (Å²) in [7, 11) is 0. The molecule has 0 radical (unpaired) electrons. The molecule has 0 aliphatic rings. The van der Waals surface area contributed by atoms with Gasteiger partial charge in [0.2, 0.25) is 11.8 Å². The van der Waals surface area contributed by atoms with Crippen molar-refractivity contribution >= 4 is 24.4 Å². The lowest BCUT2D eigenvalue weighted by molar-refractivity contribution is -0.129. The molecule has 0 heterocycles. The minimum absolute atomic E-state index is 0.132. The van der Waals surface area contributed by atoms with E-state index in [2.05, 4.69) is 28.7 Å². The van der Waals surface area contributed by atoms with Gasteiger partial charge in [0.05, 0.1) is 12.6 Å². The lowest BCUT2D eigenvalue weighted by Crippen LogP contribution is -2.52. The molecule has 9 heteroatoms. The van der Waals surface area contributed by atoms with E-state index in [4.69, 9.17) is 16.7 Å². The molecule has 0 unspecified atom stereocenters. The Hall–Kier alpha value is -0.870. The molecule has 0 aromatic rings. The van der Waals surface area contributed by atoms with Crippen molar-refractivity contribution < 1.29 is 14.7 Å². The second-order valence-electron chi connectivity index (χ2n) is 3.96. The van der Waals surface area contributed by atoms with Crippen LogP contribution in [0.25, 0.3) is 0 Å². The summed E-state index contributed by atoms with van der Waals surface area (Å²) in [5.41, 5.74) is 8.15. The third-order valence-corrected chi connectivity index (χ3v) is 2.76. The Morgan fingerprint density at radius 3 is 2.47 bits per heavy atom. The highest BCUT2D eigenvalue weighted by molar-refractivity contribution is 7.80. The largest absolute Gasteiger partial charge is 0.395 e. The summed E-state index contributed by atoms with van der Waals surface area (Å²) < 4.78 is 0. The Balaban J connectivity index is 4.14. The number of aliphatic hydroxyl groups excluding tert-OH is 1. The molecule has 8 nitrogen and oxygen atoms in total. The predicted octanol–water partition coefficient (Wildman–Crippen LogP) is -2.92. The summed E-state index contributed by atoms with van der Waals surface area (Å²) in [6.07, 6.45) is 1.13. The number of nitrogens with one attached hydrogen (secondary N) is 3. The average molecular weight is 293 g/mol. The number of rotatable bonds is 10. The zero-order valence-corrected chi connectivity index (χ0v) is 11.7. The number of thiol groups is 1. The van der Waals surface area contributed by atoms with Crippen molar-refractivity contribution in [3.8, 4) is 0 Å². The summed E-state index contributed by atoms with van der Waals surface area (Å²) in [5, 5.41) is 13.6. The van der Waals surface area contributed by atoms with Crippen LogP contribution in [0.4, 0.5) is 0 Å². The number of nitrogens with two attached hydrogens (primary N) is 2. The van der Waals surface area contributed by atoms with Gasteiger partial charge in [0.25, 0.3) is 0 Å². The van der Waals surface area contributed by atoms with Gasteiger partial charge in [-0.2, -0.15) is 12.6 Å². The molecule has 0 aliphatic heterocycles. The van der Waals surface area contributed by atoms with Crippen LogP contribution in [0.1, 0.15) is 12.8 Å². The Bertz CT molecular complexity index is 280. The summed E-state index contributed by atoms with van der Waals surface area (Å²) >= 11 is 4.00. The van der Waals surface area contributed by atoms with E-state index in [1.165, 1.54) is 0 Å². The van der Waals surface area contributed by atoms with Crippen LogP contribution in [0.5, 0.6) is 0 Å². The van der Waals surface area contributed by atoms with E-state index in [-0.39, 0.29) is 18.9 Å². The van der Waals surface area contributed by atoms with Gasteiger partial charge < -0.3 is 21.5 Å². The number of carbonyl (C=O) groups excluding carboxylic acids is 2. The van der Waals surface area contributed by atoms with E-state index in [9.17, 15) is 9.59 Å². The van der Waals surface area contributed by atoms with E-state index >= 15 is 0 Å². The molecular formula is C10H23N5O3S. The van der Waals surface area contributed by atoms with Gasteiger partial charge in [-0.3, -0.25) is 20.9 Å².